The van der Waals surface area contributed by atoms with Gasteiger partial charge in [-0.25, -0.2) is 4.79 Å². The molecule has 7 nitrogen and oxygen atoms in total. The number of benzene rings is 1. The van der Waals surface area contributed by atoms with E-state index < -0.39 is 11.2 Å². The summed E-state index contributed by atoms with van der Waals surface area (Å²) < 4.78 is 12.8. The Balaban J connectivity index is 2.63. The summed E-state index contributed by atoms with van der Waals surface area (Å²) in [4.78, 5) is 24.7. The quantitative estimate of drug-likeness (QED) is 0.820. The lowest BCUT2D eigenvalue weighted by molar-refractivity contribution is 0.396. The van der Waals surface area contributed by atoms with Gasteiger partial charge in [0.15, 0.2) is 0 Å². The highest BCUT2D eigenvalue weighted by molar-refractivity contribution is 5.40. The molecule has 0 aliphatic carbocycles. The Labute approximate surface area is 132 Å². The molecule has 0 spiro atoms. The number of aromatic nitrogens is 2. The first-order valence-corrected chi connectivity index (χ1v) is 7.01. The largest absolute Gasteiger partial charge is 0.497 e. The average Bonchev–Trinajstić information content (AvgIpc) is 2.58. The first kappa shape index (κ1) is 16.4. The molecule has 7 heteroatoms. The lowest BCUT2D eigenvalue weighted by Gasteiger charge is -2.13. The summed E-state index contributed by atoms with van der Waals surface area (Å²) in [5.74, 6) is 1.11. The molecular formula is C16H17N3O4. The fourth-order valence-electron chi connectivity index (χ4n) is 2.27. The van der Waals surface area contributed by atoms with E-state index in [1.807, 2.05) is 6.07 Å². The zero-order valence-corrected chi connectivity index (χ0v) is 13.2. The van der Waals surface area contributed by atoms with Crippen LogP contribution in [0.3, 0.4) is 0 Å². The third-order valence-corrected chi connectivity index (χ3v) is 3.51. The van der Waals surface area contributed by atoms with Crippen LogP contribution < -0.4 is 20.7 Å². The fourth-order valence-corrected chi connectivity index (χ4v) is 2.27. The molecule has 0 saturated carbocycles. The van der Waals surface area contributed by atoms with Crippen LogP contribution in [0.5, 0.6) is 11.5 Å². The predicted molar refractivity (Wildman–Crippen MR) is 84.0 cm³/mol. The van der Waals surface area contributed by atoms with Crippen LogP contribution in [0.15, 0.2) is 34.0 Å². The predicted octanol–water partition coefficient (Wildman–Crippen LogP) is 0.967. The Hall–Kier alpha value is -3.01. The van der Waals surface area contributed by atoms with Gasteiger partial charge >= 0.3 is 5.69 Å². The molecule has 1 aromatic heterocycles. The summed E-state index contributed by atoms with van der Waals surface area (Å²) in [6, 6.07) is 6.94. The van der Waals surface area contributed by atoms with Crippen molar-refractivity contribution in [1.82, 2.24) is 9.13 Å². The molecule has 0 fully saturated rings. The van der Waals surface area contributed by atoms with Gasteiger partial charge in [0, 0.05) is 18.3 Å². The average molecular weight is 315 g/mol. The monoisotopic (exact) mass is 315 g/mol. The van der Waals surface area contributed by atoms with Gasteiger partial charge in [-0.15, -0.1) is 0 Å². The van der Waals surface area contributed by atoms with Gasteiger partial charge in [-0.3, -0.25) is 13.9 Å². The minimum atomic E-state index is -0.618. The minimum Gasteiger partial charge on any atom is -0.497 e. The van der Waals surface area contributed by atoms with Crippen LogP contribution in [-0.4, -0.2) is 23.4 Å². The third-order valence-electron chi connectivity index (χ3n) is 3.51. The van der Waals surface area contributed by atoms with Crippen molar-refractivity contribution in [2.45, 2.75) is 20.0 Å². The van der Waals surface area contributed by atoms with Crippen molar-refractivity contribution in [3.63, 3.8) is 0 Å². The van der Waals surface area contributed by atoms with E-state index >= 15 is 0 Å². The summed E-state index contributed by atoms with van der Waals surface area (Å²) in [6.45, 7) is 2.13. The highest BCUT2D eigenvalue weighted by atomic mass is 16.5. The summed E-state index contributed by atoms with van der Waals surface area (Å²) in [5, 5.41) is 9.08. The van der Waals surface area contributed by atoms with Crippen molar-refractivity contribution >= 4 is 0 Å². The smallest absolute Gasteiger partial charge is 0.331 e. The van der Waals surface area contributed by atoms with Gasteiger partial charge < -0.3 is 9.47 Å². The van der Waals surface area contributed by atoms with Crippen molar-refractivity contribution in [3.8, 4) is 17.6 Å². The zero-order chi connectivity index (χ0) is 17.0. The minimum absolute atomic E-state index is 0.00639. The Morgan fingerprint density at radius 3 is 2.52 bits per heavy atom. The SMILES string of the molecule is CCn1cc(C#N)c(=O)n(Cc2cc(OC)ccc2OC)c1=O. The molecule has 23 heavy (non-hydrogen) atoms. The maximum Gasteiger partial charge on any atom is 0.331 e. The number of hydrogen-bond acceptors (Lipinski definition) is 5. The van der Waals surface area contributed by atoms with Crippen LogP contribution in [0, 0.1) is 11.3 Å². The van der Waals surface area contributed by atoms with Crippen molar-refractivity contribution in [1.29, 1.82) is 5.26 Å². The van der Waals surface area contributed by atoms with E-state index in [1.165, 1.54) is 25.0 Å². The van der Waals surface area contributed by atoms with Crippen LogP contribution in [0.1, 0.15) is 18.1 Å². The first-order chi connectivity index (χ1) is 11.0. The molecule has 0 aliphatic rings. The number of ether oxygens (including phenoxy) is 2. The van der Waals surface area contributed by atoms with Gasteiger partial charge in [0.2, 0.25) is 0 Å². The van der Waals surface area contributed by atoms with Gasteiger partial charge in [0.05, 0.1) is 20.8 Å². The molecule has 0 aliphatic heterocycles. The molecule has 0 atom stereocenters. The number of nitrogens with zero attached hydrogens (tertiary/aromatic N) is 3. The van der Waals surface area contributed by atoms with Gasteiger partial charge in [0.1, 0.15) is 23.1 Å². The van der Waals surface area contributed by atoms with Crippen LogP contribution in [0.2, 0.25) is 0 Å². The number of hydrogen-bond donors (Lipinski definition) is 0. The Kier molecular flexibility index (Phi) is 4.86. The van der Waals surface area contributed by atoms with E-state index in [1.54, 1.807) is 25.1 Å². The van der Waals surface area contributed by atoms with Gasteiger partial charge in [0.25, 0.3) is 5.56 Å². The molecule has 0 saturated heterocycles. The second kappa shape index (κ2) is 6.83. The summed E-state index contributed by atoms with van der Waals surface area (Å²) in [5.41, 5.74) is -0.550. The number of nitriles is 1. The van der Waals surface area contributed by atoms with Crippen molar-refractivity contribution in [2.75, 3.05) is 14.2 Å². The Morgan fingerprint density at radius 1 is 1.22 bits per heavy atom. The van der Waals surface area contributed by atoms with E-state index in [0.29, 0.717) is 23.6 Å². The summed E-state index contributed by atoms with van der Waals surface area (Å²) in [6.07, 6.45) is 1.28. The van der Waals surface area contributed by atoms with Crippen molar-refractivity contribution < 1.29 is 9.47 Å². The molecule has 1 aromatic carbocycles. The second-order valence-corrected chi connectivity index (χ2v) is 4.79. The number of aryl methyl sites for hydroxylation is 1. The second-order valence-electron chi connectivity index (χ2n) is 4.79. The topological polar surface area (TPSA) is 86.2 Å². The maximum absolute atomic E-state index is 12.4. The van der Waals surface area contributed by atoms with Crippen LogP contribution in [0.25, 0.3) is 0 Å². The molecule has 0 N–H and O–H groups in total. The van der Waals surface area contributed by atoms with Crippen LogP contribution >= 0.6 is 0 Å². The van der Waals surface area contributed by atoms with E-state index in [-0.39, 0.29) is 12.1 Å². The van der Waals surface area contributed by atoms with Crippen LogP contribution in [-0.2, 0) is 13.1 Å². The van der Waals surface area contributed by atoms with E-state index in [9.17, 15) is 9.59 Å². The highest BCUT2D eigenvalue weighted by Crippen LogP contribution is 2.24. The molecule has 0 radical (unpaired) electrons. The molecule has 120 valence electrons. The molecule has 2 rings (SSSR count). The molecule has 0 bridgehead atoms. The summed E-state index contributed by atoms with van der Waals surface area (Å²) >= 11 is 0. The maximum atomic E-state index is 12.4. The molecular weight excluding hydrogens is 298 g/mol. The lowest BCUT2D eigenvalue weighted by atomic mass is 10.2. The standard InChI is InChI=1S/C16H17N3O4/c1-4-18-9-12(8-17)15(20)19(16(18)21)10-11-7-13(22-2)5-6-14(11)23-3/h5-7,9H,4,10H2,1-3H3. The summed E-state index contributed by atoms with van der Waals surface area (Å²) in [7, 11) is 3.03. The Morgan fingerprint density at radius 2 is 1.96 bits per heavy atom. The molecule has 1 heterocycles. The zero-order valence-electron chi connectivity index (χ0n) is 13.2. The molecule has 0 amide bonds. The fraction of sp³-hybridized carbons (Fsp3) is 0.312. The van der Waals surface area contributed by atoms with E-state index in [4.69, 9.17) is 14.7 Å². The van der Waals surface area contributed by atoms with E-state index in [2.05, 4.69) is 0 Å². The first-order valence-electron chi connectivity index (χ1n) is 7.01. The van der Waals surface area contributed by atoms with Crippen LogP contribution in [0.4, 0.5) is 0 Å². The van der Waals surface area contributed by atoms with Crippen molar-refractivity contribution in [3.05, 3.63) is 56.4 Å². The Bertz CT molecular complexity index is 874. The number of rotatable bonds is 5. The third kappa shape index (κ3) is 3.11. The normalized spacial score (nSPS) is 10.2. The molecule has 2 aromatic rings. The number of methoxy groups -OCH3 is 2. The highest BCUT2D eigenvalue weighted by Gasteiger charge is 2.14. The van der Waals surface area contributed by atoms with Crippen molar-refractivity contribution in [2.24, 2.45) is 0 Å². The van der Waals surface area contributed by atoms with Gasteiger partial charge in [-0.2, -0.15) is 5.26 Å². The van der Waals surface area contributed by atoms with Gasteiger partial charge in [-0.1, -0.05) is 0 Å². The van der Waals surface area contributed by atoms with E-state index in [0.717, 1.165) is 4.57 Å². The lowest BCUT2D eigenvalue weighted by Crippen LogP contribution is -2.41. The van der Waals surface area contributed by atoms with Gasteiger partial charge in [-0.05, 0) is 25.1 Å². The molecule has 0 unspecified atom stereocenters.